The fourth-order valence-corrected chi connectivity index (χ4v) is 3.81. The highest BCUT2D eigenvalue weighted by molar-refractivity contribution is 5.82. The maximum absolute atomic E-state index is 4.49. The molecule has 3 aromatic heterocycles. The van der Waals surface area contributed by atoms with E-state index in [9.17, 15) is 0 Å². The molecule has 0 spiro atoms. The molecule has 1 saturated carbocycles. The molecule has 2 aliphatic rings. The standard InChI is InChI=1S/C17H20N8/c1-2-12(1)25(14-3-6-18-9-19-14)13-4-7-24(8-5-13)17-15-16(21-10-20-15)22-11-23-17/h3,6,9-13H,1-2,4-5,7-8H2,(H,20,21,22,23). The fraction of sp³-hybridized carbons (Fsp3) is 0.471. The fourth-order valence-electron chi connectivity index (χ4n) is 3.81. The normalized spacial score (nSPS) is 18.6. The van der Waals surface area contributed by atoms with Crippen LogP contribution in [-0.4, -0.2) is 55.1 Å². The van der Waals surface area contributed by atoms with Gasteiger partial charge >= 0.3 is 0 Å². The summed E-state index contributed by atoms with van der Waals surface area (Å²) in [6, 6.07) is 3.20. The maximum atomic E-state index is 4.49. The number of aromatic amines is 1. The number of fused-ring (bicyclic) bond motifs is 1. The Balaban J connectivity index is 1.35. The molecule has 8 nitrogen and oxygen atoms in total. The largest absolute Gasteiger partial charge is 0.355 e. The first kappa shape index (κ1) is 14.6. The summed E-state index contributed by atoms with van der Waals surface area (Å²) in [4.78, 5) is 29.5. The number of nitrogens with zero attached hydrogens (tertiary/aromatic N) is 7. The molecule has 1 saturated heterocycles. The highest BCUT2D eigenvalue weighted by Crippen LogP contribution is 2.35. The van der Waals surface area contributed by atoms with Gasteiger partial charge in [0.05, 0.1) is 6.33 Å². The second-order valence-electron chi connectivity index (χ2n) is 6.72. The van der Waals surface area contributed by atoms with Crippen LogP contribution < -0.4 is 9.80 Å². The number of H-pyrrole nitrogens is 1. The lowest BCUT2D eigenvalue weighted by Gasteiger charge is -2.39. The minimum Gasteiger partial charge on any atom is -0.355 e. The maximum Gasteiger partial charge on any atom is 0.182 e. The molecule has 1 aliphatic heterocycles. The summed E-state index contributed by atoms with van der Waals surface area (Å²) >= 11 is 0. The van der Waals surface area contributed by atoms with E-state index in [0.717, 1.165) is 48.7 Å². The lowest BCUT2D eigenvalue weighted by atomic mass is 10.0. The molecular formula is C17H20N8. The van der Waals surface area contributed by atoms with Crippen molar-refractivity contribution in [2.75, 3.05) is 22.9 Å². The van der Waals surface area contributed by atoms with Crippen molar-refractivity contribution in [3.8, 4) is 0 Å². The van der Waals surface area contributed by atoms with E-state index in [1.165, 1.54) is 12.8 Å². The summed E-state index contributed by atoms with van der Waals surface area (Å²) in [5.41, 5.74) is 1.66. The molecule has 1 N–H and O–H groups in total. The van der Waals surface area contributed by atoms with Crippen molar-refractivity contribution in [2.24, 2.45) is 0 Å². The lowest BCUT2D eigenvalue weighted by molar-refractivity contribution is 0.458. The van der Waals surface area contributed by atoms with Gasteiger partial charge < -0.3 is 14.8 Å². The van der Waals surface area contributed by atoms with Crippen LogP contribution >= 0.6 is 0 Å². The third-order valence-electron chi connectivity index (χ3n) is 5.13. The van der Waals surface area contributed by atoms with Gasteiger partial charge in [-0.05, 0) is 31.7 Å². The van der Waals surface area contributed by atoms with Crippen LogP contribution in [0.15, 0.2) is 31.2 Å². The van der Waals surface area contributed by atoms with E-state index in [0.29, 0.717) is 12.1 Å². The zero-order valence-electron chi connectivity index (χ0n) is 13.9. The van der Waals surface area contributed by atoms with Crippen molar-refractivity contribution in [3.63, 3.8) is 0 Å². The molecule has 8 heteroatoms. The molecule has 4 heterocycles. The van der Waals surface area contributed by atoms with Gasteiger partial charge in [0.25, 0.3) is 0 Å². The van der Waals surface area contributed by atoms with E-state index in [-0.39, 0.29) is 0 Å². The summed E-state index contributed by atoms with van der Waals surface area (Å²) in [5, 5.41) is 0. The molecule has 0 radical (unpaired) electrons. The monoisotopic (exact) mass is 336 g/mol. The second-order valence-corrected chi connectivity index (χ2v) is 6.72. The van der Waals surface area contributed by atoms with E-state index in [4.69, 9.17) is 0 Å². The predicted octanol–water partition coefficient (Wildman–Crippen LogP) is 1.78. The molecule has 5 rings (SSSR count). The molecule has 0 atom stereocenters. The predicted molar refractivity (Wildman–Crippen MR) is 94.5 cm³/mol. The lowest BCUT2D eigenvalue weighted by Crippen LogP contribution is -2.46. The zero-order valence-corrected chi connectivity index (χ0v) is 13.9. The van der Waals surface area contributed by atoms with Crippen molar-refractivity contribution in [1.82, 2.24) is 29.9 Å². The molecule has 0 amide bonds. The molecular weight excluding hydrogens is 316 g/mol. The van der Waals surface area contributed by atoms with Crippen LogP contribution in [0.1, 0.15) is 25.7 Å². The number of hydrogen-bond donors (Lipinski definition) is 1. The summed E-state index contributed by atoms with van der Waals surface area (Å²) in [5.74, 6) is 2.02. The quantitative estimate of drug-likeness (QED) is 0.777. The summed E-state index contributed by atoms with van der Waals surface area (Å²) < 4.78 is 0. The van der Waals surface area contributed by atoms with Gasteiger partial charge in [0, 0.05) is 31.4 Å². The number of aromatic nitrogens is 6. The molecule has 3 aromatic rings. The van der Waals surface area contributed by atoms with Crippen molar-refractivity contribution in [3.05, 3.63) is 31.2 Å². The summed E-state index contributed by atoms with van der Waals surface area (Å²) in [6.07, 6.45) is 11.5. The van der Waals surface area contributed by atoms with Gasteiger partial charge in [0.2, 0.25) is 0 Å². The molecule has 128 valence electrons. The van der Waals surface area contributed by atoms with Crippen molar-refractivity contribution < 1.29 is 0 Å². The minimum absolute atomic E-state index is 0.526. The van der Waals surface area contributed by atoms with Crippen LogP contribution in [0, 0.1) is 0 Å². The average Bonchev–Trinajstić information content (AvgIpc) is 3.38. The number of nitrogens with one attached hydrogen (secondary N) is 1. The van der Waals surface area contributed by atoms with Crippen LogP contribution in [0.5, 0.6) is 0 Å². The Hall–Kier alpha value is -2.77. The van der Waals surface area contributed by atoms with Gasteiger partial charge in [-0.1, -0.05) is 0 Å². The molecule has 0 aromatic carbocycles. The van der Waals surface area contributed by atoms with E-state index in [1.54, 1.807) is 19.0 Å². The second kappa shape index (κ2) is 5.94. The van der Waals surface area contributed by atoms with E-state index < -0.39 is 0 Å². The summed E-state index contributed by atoms with van der Waals surface area (Å²) in [7, 11) is 0. The highest BCUT2D eigenvalue weighted by Gasteiger charge is 2.36. The Kier molecular flexibility index (Phi) is 3.46. The van der Waals surface area contributed by atoms with Crippen LogP contribution in [0.25, 0.3) is 11.2 Å². The van der Waals surface area contributed by atoms with Gasteiger partial charge in [0.15, 0.2) is 11.5 Å². The van der Waals surface area contributed by atoms with Crippen molar-refractivity contribution >= 4 is 22.8 Å². The van der Waals surface area contributed by atoms with E-state index >= 15 is 0 Å². The molecule has 1 aliphatic carbocycles. The third-order valence-corrected chi connectivity index (χ3v) is 5.13. The van der Waals surface area contributed by atoms with Gasteiger partial charge in [0.1, 0.15) is 24.0 Å². The highest BCUT2D eigenvalue weighted by atomic mass is 15.3. The molecule has 0 bridgehead atoms. The van der Waals surface area contributed by atoms with Crippen LogP contribution in [0.2, 0.25) is 0 Å². The number of imidazole rings is 1. The summed E-state index contributed by atoms with van der Waals surface area (Å²) in [6.45, 7) is 1.95. The Morgan fingerprint density at radius 1 is 0.960 bits per heavy atom. The SMILES string of the molecule is c1cc(N(C2CC2)C2CCN(c3ncnc4nc[nH]c34)CC2)ncn1. The van der Waals surface area contributed by atoms with E-state index in [1.807, 2.05) is 12.3 Å². The van der Waals surface area contributed by atoms with E-state index in [2.05, 4.69) is 39.7 Å². The number of piperidine rings is 1. The van der Waals surface area contributed by atoms with Crippen LogP contribution in [0.4, 0.5) is 11.6 Å². The molecule has 2 fully saturated rings. The number of anilines is 2. The minimum atomic E-state index is 0.526. The van der Waals surface area contributed by atoms with Crippen molar-refractivity contribution in [1.29, 1.82) is 0 Å². The van der Waals surface area contributed by atoms with Gasteiger partial charge in [-0.25, -0.2) is 24.9 Å². The van der Waals surface area contributed by atoms with Gasteiger partial charge in [-0.2, -0.15) is 0 Å². The first-order chi connectivity index (χ1) is 12.4. The Labute approximate surface area is 145 Å². The molecule has 0 unspecified atom stereocenters. The van der Waals surface area contributed by atoms with Gasteiger partial charge in [-0.3, -0.25) is 0 Å². The number of rotatable bonds is 4. The third kappa shape index (κ3) is 2.67. The Morgan fingerprint density at radius 3 is 2.56 bits per heavy atom. The van der Waals surface area contributed by atoms with Crippen LogP contribution in [-0.2, 0) is 0 Å². The number of hydrogen-bond acceptors (Lipinski definition) is 7. The van der Waals surface area contributed by atoms with Gasteiger partial charge in [-0.15, -0.1) is 0 Å². The Morgan fingerprint density at radius 2 is 1.80 bits per heavy atom. The Bertz CT molecular complexity index is 851. The first-order valence-corrected chi connectivity index (χ1v) is 8.83. The van der Waals surface area contributed by atoms with Crippen molar-refractivity contribution in [2.45, 2.75) is 37.8 Å². The molecule has 25 heavy (non-hydrogen) atoms. The zero-order chi connectivity index (χ0) is 16.6. The average molecular weight is 336 g/mol. The smallest absolute Gasteiger partial charge is 0.182 e. The topological polar surface area (TPSA) is 86.7 Å². The van der Waals surface area contributed by atoms with Crippen LogP contribution in [0.3, 0.4) is 0 Å². The first-order valence-electron chi connectivity index (χ1n) is 8.83.